The molecule has 0 aliphatic carbocycles. The molecule has 0 unspecified atom stereocenters. The summed E-state index contributed by atoms with van der Waals surface area (Å²) in [6.45, 7) is 0. The summed E-state index contributed by atoms with van der Waals surface area (Å²) >= 11 is 4.93. The molecule has 0 aliphatic heterocycles. The Kier molecular flexibility index (Phi) is 5.54. The molecule has 0 radical (unpaired) electrons. The first-order valence-electron chi connectivity index (χ1n) is 8.52. The summed E-state index contributed by atoms with van der Waals surface area (Å²) in [5.41, 5.74) is 1.61. The number of para-hydroxylation sites is 1. The standard InChI is InChI=1S/C19H16BrN5O2S/c20-12-8-16(27-15-4-2-1-3-5-15)17(21-9-12)25-19-24-14(11-28-19)7-6-13-10-22-18(26)23-13/h1-5,8-11H,6-7H2,(H,21,24,25)(H2,22,23,26). The number of aromatic amines is 2. The fourth-order valence-corrected chi connectivity index (χ4v) is 3.61. The normalized spacial score (nSPS) is 10.8. The molecule has 3 aromatic heterocycles. The molecule has 4 rings (SSSR count). The smallest absolute Gasteiger partial charge is 0.323 e. The van der Waals surface area contributed by atoms with Crippen LogP contribution in [0.3, 0.4) is 0 Å². The summed E-state index contributed by atoms with van der Waals surface area (Å²) in [4.78, 5) is 25.5. The number of nitrogens with one attached hydrogen (secondary N) is 3. The number of aromatic nitrogens is 4. The molecule has 4 aromatic rings. The van der Waals surface area contributed by atoms with Crippen LogP contribution in [0.5, 0.6) is 11.5 Å². The van der Waals surface area contributed by atoms with Crippen LogP contribution in [-0.4, -0.2) is 19.9 Å². The predicted octanol–water partition coefficient (Wildman–Crippen LogP) is 4.64. The fourth-order valence-electron chi connectivity index (χ4n) is 2.56. The van der Waals surface area contributed by atoms with Crippen molar-refractivity contribution in [2.45, 2.75) is 12.8 Å². The first-order valence-corrected chi connectivity index (χ1v) is 10.2. The number of H-pyrrole nitrogens is 2. The lowest BCUT2D eigenvalue weighted by atomic mass is 10.2. The van der Waals surface area contributed by atoms with Crippen LogP contribution in [0, 0.1) is 0 Å². The molecular weight excluding hydrogens is 442 g/mol. The molecule has 0 atom stereocenters. The van der Waals surface area contributed by atoms with E-state index in [0.717, 1.165) is 33.2 Å². The minimum absolute atomic E-state index is 0.192. The largest absolute Gasteiger partial charge is 0.453 e. The molecule has 1 aromatic carbocycles. The highest BCUT2D eigenvalue weighted by Crippen LogP contribution is 2.33. The van der Waals surface area contributed by atoms with E-state index in [-0.39, 0.29) is 5.69 Å². The van der Waals surface area contributed by atoms with Crippen molar-refractivity contribution in [2.24, 2.45) is 0 Å². The van der Waals surface area contributed by atoms with Crippen molar-refractivity contribution < 1.29 is 4.74 Å². The van der Waals surface area contributed by atoms with Gasteiger partial charge in [0, 0.05) is 34.0 Å². The minimum atomic E-state index is -0.192. The Morgan fingerprint density at radius 1 is 1.21 bits per heavy atom. The maximum absolute atomic E-state index is 11.1. The molecule has 28 heavy (non-hydrogen) atoms. The molecule has 0 aliphatic rings. The molecule has 3 heterocycles. The third-order valence-electron chi connectivity index (χ3n) is 3.87. The lowest BCUT2D eigenvalue weighted by molar-refractivity contribution is 0.482. The van der Waals surface area contributed by atoms with Gasteiger partial charge in [-0.2, -0.15) is 0 Å². The summed E-state index contributed by atoms with van der Waals surface area (Å²) in [5, 5.41) is 5.95. The van der Waals surface area contributed by atoms with Crippen LogP contribution in [0.15, 0.2) is 63.4 Å². The lowest BCUT2D eigenvalue weighted by Crippen LogP contribution is -2.02. The van der Waals surface area contributed by atoms with E-state index in [1.807, 2.05) is 41.8 Å². The highest BCUT2D eigenvalue weighted by molar-refractivity contribution is 9.10. The molecule has 7 nitrogen and oxygen atoms in total. The summed E-state index contributed by atoms with van der Waals surface area (Å²) < 4.78 is 6.79. The molecule has 142 valence electrons. The van der Waals surface area contributed by atoms with Gasteiger partial charge < -0.3 is 20.0 Å². The maximum Gasteiger partial charge on any atom is 0.323 e. The van der Waals surface area contributed by atoms with Crippen LogP contribution in [0.4, 0.5) is 10.9 Å². The number of rotatable bonds is 7. The number of imidazole rings is 1. The molecule has 0 fully saturated rings. The van der Waals surface area contributed by atoms with Crippen LogP contribution in [0.1, 0.15) is 11.4 Å². The summed E-state index contributed by atoms with van der Waals surface area (Å²) in [5.74, 6) is 1.91. The van der Waals surface area contributed by atoms with Crippen molar-refractivity contribution >= 4 is 38.2 Å². The second-order valence-electron chi connectivity index (χ2n) is 5.95. The van der Waals surface area contributed by atoms with Gasteiger partial charge in [0.15, 0.2) is 16.7 Å². The molecule has 3 N–H and O–H groups in total. The van der Waals surface area contributed by atoms with Gasteiger partial charge in [-0.05, 0) is 40.9 Å². The monoisotopic (exact) mass is 457 g/mol. The van der Waals surface area contributed by atoms with E-state index in [4.69, 9.17) is 4.74 Å². The van der Waals surface area contributed by atoms with Gasteiger partial charge >= 0.3 is 5.69 Å². The summed E-state index contributed by atoms with van der Waals surface area (Å²) in [7, 11) is 0. The van der Waals surface area contributed by atoms with Gasteiger partial charge in [0.1, 0.15) is 5.75 Å². The van der Waals surface area contributed by atoms with Gasteiger partial charge in [-0.15, -0.1) is 11.3 Å². The number of pyridine rings is 1. The van der Waals surface area contributed by atoms with E-state index in [9.17, 15) is 4.79 Å². The van der Waals surface area contributed by atoms with E-state index in [2.05, 4.69) is 41.2 Å². The quantitative estimate of drug-likeness (QED) is 0.375. The molecule has 0 saturated heterocycles. The number of thiazole rings is 1. The van der Waals surface area contributed by atoms with Gasteiger partial charge in [-0.25, -0.2) is 14.8 Å². The molecule has 0 spiro atoms. The fraction of sp³-hybridized carbons (Fsp3) is 0.105. The highest BCUT2D eigenvalue weighted by Gasteiger charge is 2.11. The average molecular weight is 458 g/mol. The number of anilines is 2. The first-order chi connectivity index (χ1) is 13.7. The third-order valence-corrected chi connectivity index (χ3v) is 5.11. The van der Waals surface area contributed by atoms with Crippen LogP contribution in [0.2, 0.25) is 0 Å². The van der Waals surface area contributed by atoms with Crippen LogP contribution >= 0.6 is 27.3 Å². The van der Waals surface area contributed by atoms with E-state index >= 15 is 0 Å². The zero-order valence-corrected chi connectivity index (χ0v) is 17.0. The number of nitrogens with zero attached hydrogens (tertiary/aromatic N) is 2. The zero-order valence-electron chi connectivity index (χ0n) is 14.6. The van der Waals surface area contributed by atoms with Crippen molar-refractivity contribution in [2.75, 3.05) is 5.32 Å². The zero-order chi connectivity index (χ0) is 19.3. The number of halogens is 1. The van der Waals surface area contributed by atoms with Crippen molar-refractivity contribution in [3.05, 3.63) is 80.5 Å². The third kappa shape index (κ3) is 4.68. The topological polar surface area (TPSA) is 95.7 Å². The summed E-state index contributed by atoms with van der Waals surface area (Å²) in [6, 6.07) is 11.4. The van der Waals surface area contributed by atoms with E-state index < -0.39 is 0 Å². The average Bonchev–Trinajstić information content (AvgIpc) is 3.32. The molecule has 0 bridgehead atoms. The minimum Gasteiger partial charge on any atom is -0.453 e. The molecule has 0 saturated carbocycles. The maximum atomic E-state index is 11.1. The Morgan fingerprint density at radius 2 is 2.07 bits per heavy atom. The highest BCUT2D eigenvalue weighted by atomic mass is 79.9. The van der Waals surface area contributed by atoms with E-state index in [1.54, 1.807) is 12.4 Å². The number of aryl methyl sites for hydroxylation is 2. The van der Waals surface area contributed by atoms with Crippen molar-refractivity contribution in [3.63, 3.8) is 0 Å². The van der Waals surface area contributed by atoms with Crippen LogP contribution in [-0.2, 0) is 12.8 Å². The van der Waals surface area contributed by atoms with Gasteiger partial charge in [-0.1, -0.05) is 18.2 Å². The number of hydrogen-bond acceptors (Lipinski definition) is 6. The van der Waals surface area contributed by atoms with Gasteiger partial charge in [0.05, 0.1) is 5.69 Å². The Bertz CT molecular complexity index is 1120. The summed E-state index contributed by atoms with van der Waals surface area (Å²) in [6.07, 6.45) is 4.83. The van der Waals surface area contributed by atoms with Gasteiger partial charge in [0.2, 0.25) is 0 Å². The van der Waals surface area contributed by atoms with Crippen molar-refractivity contribution in [3.8, 4) is 11.5 Å². The molecule has 9 heteroatoms. The Hall–Kier alpha value is -2.91. The molecule has 0 amide bonds. The first kappa shape index (κ1) is 18.5. The Morgan fingerprint density at radius 3 is 2.86 bits per heavy atom. The Labute approximate surface area is 173 Å². The lowest BCUT2D eigenvalue weighted by Gasteiger charge is -2.11. The molecular formula is C19H16BrN5O2S. The predicted molar refractivity (Wildman–Crippen MR) is 113 cm³/mol. The van der Waals surface area contributed by atoms with Crippen LogP contribution in [0.25, 0.3) is 0 Å². The number of ether oxygens (including phenoxy) is 1. The van der Waals surface area contributed by atoms with Crippen LogP contribution < -0.4 is 15.7 Å². The second-order valence-corrected chi connectivity index (χ2v) is 7.73. The second kappa shape index (κ2) is 8.41. The SMILES string of the molecule is O=c1[nH]cc(CCc2csc(Nc3ncc(Br)cc3Oc3ccccc3)n2)[nH]1. The van der Waals surface area contributed by atoms with E-state index in [0.29, 0.717) is 18.0 Å². The van der Waals surface area contributed by atoms with Crippen molar-refractivity contribution in [1.29, 1.82) is 0 Å². The van der Waals surface area contributed by atoms with Gasteiger partial charge in [0.25, 0.3) is 0 Å². The number of benzene rings is 1. The van der Waals surface area contributed by atoms with Gasteiger partial charge in [-0.3, -0.25) is 0 Å². The van der Waals surface area contributed by atoms with Crippen molar-refractivity contribution in [1.82, 2.24) is 19.9 Å². The van der Waals surface area contributed by atoms with E-state index in [1.165, 1.54) is 11.3 Å². The number of hydrogen-bond donors (Lipinski definition) is 3. The Balaban J connectivity index is 1.47.